The minimum atomic E-state index is -0.196. The SMILES string of the molecule is Cc1c(C#N)c(NC(=O)CSc2nc3ccccc3c(=O)n2C2CC2)n(C2CCCC2)c1C. The zero-order valence-corrected chi connectivity index (χ0v) is 19.7. The van der Waals surface area contributed by atoms with Crippen molar-refractivity contribution in [2.45, 2.75) is 69.6 Å². The Morgan fingerprint density at radius 3 is 2.55 bits per heavy atom. The molecule has 7 nitrogen and oxygen atoms in total. The van der Waals surface area contributed by atoms with Gasteiger partial charge in [0.15, 0.2) is 5.16 Å². The summed E-state index contributed by atoms with van der Waals surface area (Å²) in [6.45, 7) is 3.96. The van der Waals surface area contributed by atoms with Crippen LogP contribution in [0.3, 0.4) is 0 Å². The molecular weight excluding hydrogens is 434 g/mol. The summed E-state index contributed by atoms with van der Waals surface area (Å²) in [5.74, 6) is 0.533. The van der Waals surface area contributed by atoms with Crippen LogP contribution < -0.4 is 10.9 Å². The number of hydrogen-bond donors (Lipinski definition) is 1. The predicted molar refractivity (Wildman–Crippen MR) is 130 cm³/mol. The molecule has 0 aliphatic heterocycles. The van der Waals surface area contributed by atoms with Crippen LogP contribution in [0, 0.1) is 25.2 Å². The van der Waals surface area contributed by atoms with E-state index >= 15 is 0 Å². The van der Waals surface area contributed by atoms with E-state index in [-0.39, 0.29) is 23.3 Å². The molecule has 0 spiro atoms. The number of amides is 1. The molecule has 2 aliphatic carbocycles. The quantitative estimate of drug-likeness (QED) is 0.418. The molecule has 0 unspecified atom stereocenters. The summed E-state index contributed by atoms with van der Waals surface area (Å²) in [7, 11) is 0. The van der Waals surface area contributed by atoms with Gasteiger partial charge in [-0.1, -0.05) is 36.7 Å². The Morgan fingerprint density at radius 1 is 1.15 bits per heavy atom. The fourth-order valence-electron chi connectivity index (χ4n) is 4.89. The molecule has 1 N–H and O–H groups in total. The normalized spacial score (nSPS) is 16.3. The summed E-state index contributed by atoms with van der Waals surface area (Å²) < 4.78 is 3.90. The van der Waals surface area contributed by atoms with Gasteiger partial charge in [0.1, 0.15) is 11.9 Å². The molecule has 2 saturated carbocycles. The fourth-order valence-corrected chi connectivity index (χ4v) is 5.75. The summed E-state index contributed by atoms with van der Waals surface area (Å²) in [5.41, 5.74) is 3.11. The van der Waals surface area contributed by atoms with Crippen LogP contribution in [-0.2, 0) is 4.79 Å². The van der Waals surface area contributed by atoms with Gasteiger partial charge in [-0.2, -0.15) is 5.26 Å². The zero-order chi connectivity index (χ0) is 23.1. The van der Waals surface area contributed by atoms with Crippen LogP contribution in [0.25, 0.3) is 10.9 Å². The van der Waals surface area contributed by atoms with Gasteiger partial charge in [0.05, 0.1) is 22.2 Å². The van der Waals surface area contributed by atoms with Crippen molar-refractivity contribution in [3.8, 4) is 6.07 Å². The summed E-state index contributed by atoms with van der Waals surface area (Å²) in [4.78, 5) is 30.8. The van der Waals surface area contributed by atoms with Crippen molar-refractivity contribution >= 4 is 34.4 Å². The minimum absolute atomic E-state index is 0.0425. The Kier molecular flexibility index (Phi) is 5.75. The number of aromatic nitrogens is 3. The Balaban J connectivity index is 1.41. The highest BCUT2D eigenvalue weighted by molar-refractivity contribution is 7.99. The van der Waals surface area contributed by atoms with Gasteiger partial charge in [-0.05, 0) is 57.2 Å². The average Bonchev–Trinajstić information content (AvgIpc) is 3.44. The summed E-state index contributed by atoms with van der Waals surface area (Å²) in [5, 5.41) is 14.0. The molecule has 0 radical (unpaired) electrons. The number of thioether (sulfide) groups is 1. The molecule has 5 rings (SSSR count). The Morgan fingerprint density at radius 2 is 1.85 bits per heavy atom. The molecule has 33 heavy (non-hydrogen) atoms. The number of rotatable bonds is 6. The minimum Gasteiger partial charge on any atom is -0.327 e. The van der Waals surface area contributed by atoms with Crippen LogP contribution in [-0.4, -0.2) is 25.8 Å². The van der Waals surface area contributed by atoms with E-state index in [0.717, 1.165) is 36.9 Å². The van der Waals surface area contributed by atoms with Crippen LogP contribution >= 0.6 is 11.8 Å². The van der Waals surface area contributed by atoms with Gasteiger partial charge in [0.2, 0.25) is 5.91 Å². The molecule has 2 fully saturated rings. The maximum absolute atomic E-state index is 13.1. The van der Waals surface area contributed by atoms with Crippen molar-refractivity contribution in [3.05, 3.63) is 51.4 Å². The molecule has 0 bridgehead atoms. The Labute approximate surface area is 196 Å². The van der Waals surface area contributed by atoms with Crippen LogP contribution in [0.4, 0.5) is 5.82 Å². The Hall–Kier alpha value is -3.05. The van der Waals surface area contributed by atoms with E-state index in [1.165, 1.54) is 24.6 Å². The van der Waals surface area contributed by atoms with Crippen molar-refractivity contribution in [1.82, 2.24) is 14.1 Å². The van der Waals surface area contributed by atoms with E-state index < -0.39 is 0 Å². The lowest BCUT2D eigenvalue weighted by atomic mass is 10.2. The molecular formula is C25H27N5O2S. The third-order valence-electron chi connectivity index (χ3n) is 6.84. The van der Waals surface area contributed by atoms with Gasteiger partial charge in [0.25, 0.3) is 5.56 Å². The van der Waals surface area contributed by atoms with Gasteiger partial charge < -0.3 is 9.88 Å². The fraction of sp³-hybridized carbons (Fsp3) is 0.440. The molecule has 2 heterocycles. The molecule has 3 aromatic rings. The standard InChI is InChI=1S/C25H27N5O2S/c1-15-16(2)29(17-7-3-4-8-17)23(20(15)13-26)28-22(31)14-33-25-27-21-10-6-5-9-19(21)24(32)30(25)18-11-12-18/h5-6,9-10,17-18H,3-4,7-8,11-12,14H2,1-2H3,(H,28,31). The first-order chi connectivity index (χ1) is 16.0. The zero-order valence-electron chi connectivity index (χ0n) is 18.9. The molecule has 0 saturated heterocycles. The van der Waals surface area contributed by atoms with E-state index in [4.69, 9.17) is 4.98 Å². The van der Waals surface area contributed by atoms with E-state index in [1.54, 1.807) is 10.6 Å². The Bertz CT molecular complexity index is 1340. The number of nitriles is 1. The van der Waals surface area contributed by atoms with E-state index in [2.05, 4.69) is 16.0 Å². The highest BCUT2D eigenvalue weighted by Crippen LogP contribution is 2.39. The number of carbonyl (C=O) groups is 1. The predicted octanol–water partition coefficient (Wildman–Crippen LogP) is 4.87. The highest BCUT2D eigenvalue weighted by atomic mass is 32.2. The summed E-state index contributed by atoms with van der Waals surface area (Å²) in [6, 6.07) is 10.1. The van der Waals surface area contributed by atoms with Gasteiger partial charge in [-0.15, -0.1) is 0 Å². The van der Waals surface area contributed by atoms with Crippen LogP contribution in [0.1, 0.15) is 67.4 Å². The second-order valence-corrected chi connectivity index (χ2v) is 9.95. The van der Waals surface area contributed by atoms with Crippen molar-refractivity contribution in [3.63, 3.8) is 0 Å². The lowest BCUT2D eigenvalue weighted by Crippen LogP contribution is -2.24. The first-order valence-corrected chi connectivity index (χ1v) is 12.5. The topological polar surface area (TPSA) is 92.7 Å². The molecule has 0 atom stereocenters. The number of nitrogens with zero attached hydrogens (tertiary/aromatic N) is 4. The lowest BCUT2D eigenvalue weighted by Gasteiger charge is -2.19. The van der Waals surface area contributed by atoms with Crippen LogP contribution in [0.2, 0.25) is 0 Å². The smallest absolute Gasteiger partial charge is 0.262 e. The molecule has 1 amide bonds. The monoisotopic (exact) mass is 461 g/mol. The van der Waals surface area contributed by atoms with Gasteiger partial charge >= 0.3 is 0 Å². The summed E-state index contributed by atoms with van der Waals surface area (Å²) in [6.07, 6.45) is 6.37. The number of anilines is 1. The maximum atomic E-state index is 13.1. The third kappa shape index (κ3) is 3.95. The number of para-hydroxylation sites is 1. The van der Waals surface area contributed by atoms with E-state index in [0.29, 0.717) is 33.5 Å². The number of benzene rings is 1. The van der Waals surface area contributed by atoms with Gasteiger partial charge in [0, 0.05) is 17.8 Å². The number of nitrogens with one attached hydrogen (secondary N) is 1. The summed E-state index contributed by atoms with van der Waals surface area (Å²) >= 11 is 1.28. The maximum Gasteiger partial charge on any atom is 0.262 e. The second-order valence-electron chi connectivity index (χ2n) is 9.01. The van der Waals surface area contributed by atoms with Crippen molar-refractivity contribution in [2.75, 3.05) is 11.1 Å². The van der Waals surface area contributed by atoms with E-state index in [1.807, 2.05) is 32.0 Å². The number of fused-ring (bicyclic) bond motifs is 1. The highest BCUT2D eigenvalue weighted by Gasteiger charge is 2.30. The lowest BCUT2D eigenvalue weighted by molar-refractivity contribution is -0.113. The van der Waals surface area contributed by atoms with Crippen LogP contribution in [0.5, 0.6) is 0 Å². The average molecular weight is 462 g/mol. The first kappa shape index (κ1) is 21.8. The molecule has 2 aliphatic rings. The molecule has 8 heteroatoms. The number of hydrogen-bond acceptors (Lipinski definition) is 5. The first-order valence-electron chi connectivity index (χ1n) is 11.5. The largest absolute Gasteiger partial charge is 0.327 e. The molecule has 1 aromatic carbocycles. The third-order valence-corrected chi connectivity index (χ3v) is 7.79. The van der Waals surface area contributed by atoms with Gasteiger partial charge in [-0.25, -0.2) is 4.98 Å². The molecule has 2 aromatic heterocycles. The van der Waals surface area contributed by atoms with Crippen molar-refractivity contribution in [2.24, 2.45) is 0 Å². The molecule has 170 valence electrons. The van der Waals surface area contributed by atoms with E-state index in [9.17, 15) is 14.9 Å². The second kappa shape index (κ2) is 8.71. The van der Waals surface area contributed by atoms with Gasteiger partial charge in [-0.3, -0.25) is 14.2 Å². The van der Waals surface area contributed by atoms with Crippen molar-refractivity contribution in [1.29, 1.82) is 5.26 Å². The number of carbonyl (C=O) groups excluding carboxylic acids is 1. The van der Waals surface area contributed by atoms with Crippen molar-refractivity contribution < 1.29 is 4.79 Å². The van der Waals surface area contributed by atoms with Crippen LogP contribution in [0.15, 0.2) is 34.2 Å².